The molecule has 2 aliphatic heterocycles. The predicted molar refractivity (Wildman–Crippen MR) is 128 cm³/mol. The second kappa shape index (κ2) is 12.9. The molecule has 0 aromatic rings. The van der Waals surface area contributed by atoms with Gasteiger partial charge in [-0.1, -0.05) is 20.8 Å². The van der Waals surface area contributed by atoms with Crippen LogP contribution in [-0.4, -0.2) is 75.9 Å². The van der Waals surface area contributed by atoms with Crippen LogP contribution in [-0.2, 0) is 14.3 Å². The van der Waals surface area contributed by atoms with Crippen LogP contribution in [0.1, 0.15) is 52.9 Å². The Balaban J connectivity index is 0.00000420. The van der Waals surface area contributed by atoms with E-state index in [0.29, 0.717) is 18.4 Å². The minimum atomic E-state index is -0.0106. The molecule has 3 unspecified atom stereocenters. The van der Waals surface area contributed by atoms with E-state index in [4.69, 9.17) is 9.47 Å². The molecule has 0 aromatic heterocycles. The van der Waals surface area contributed by atoms with Gasteiger partial charge in [0.1, 0.15) is 6.54 Å². The van der Waals surface area contributed by atoms with Crippen molar-refractivity contribution in [3.05, 3.63) is 0 Å². The number of hydrogen-bond acceptors (Lipinski definition) is 4. The number of likely N-dealkylation sites (N-methyl/N-ethyl adjacent to an activating group) is 1. The summed E-state index contributed by atoms with van der Waals surface area (Å²) in [6.07, 6.45) is 6.09. The summed E-state index contributed by atoms with van der Waals surface area (Å²) in [5, 5.41) is 6.84. The van der Waals surface area contributed by atoms with Gasteiger partial charge in [-0.3, -0.25) is 4.79 Å². The molecule has 0 aliphatic carbocycles. The first-order valence-electron chi connectivity index (χ1n) is 10.7. The molecule has 0 bridgehead atoms. The van der Waals surface area contributed by atoms with Gasteiger partial charge in [-0.15, -0.1) is 24.0 Å². The molecular weight excluding hydrogens is 483 g/mol. The zero-order valence-corrected chi connectivity index (χ0v) is 21.2. The van der Waals surface area contributed by atoms with E-state index in [0.717, 1.165) is 45.4 Å². The van der Waals surface area contributed by atoms with Crippen LogP contribution in [0.4, 0.5) is 0 Å². The van der Waals surface area contributed by atoms with Gasteiger partial charge in [0.15, 0.2) is 5.96 Å². The highest BCUT2D eigenvalue weighted by Gasteiger charge is 2.35. The Morgan fingerprint density at radius 3 is 2.34 bits per heavy atom. The molecule has 8 heteroatoms. The van der Waals surface area contributed by atoms with Crippen molar-refractivity contribution in [2.75, 3.05) is 46.9 Å². The number of nitrogens with zero attached hydrogens (tertiary/aromatic N) is 2. The zero-order chi connectivity index (χ0) is 20.6. The number of nitrogens with one attached hydrogen (secondary N) is 2. The van der Waals surface area contributed by atoms with Gasteiger partial charge in [0, 0.05) is 46.3 Å². The molecule has 0 saturated carbocycles. The maximum Gasteiger partial charge on any atom is 0.243 e. The average Bonchev–Trinajstić information content (AvgIpc) is 2.67. The lowest BCUT2D eigenvalue weighted by atomic mass is 9.78. The fourth-order valence-electron chi connectivity index (χ4n) is 3.88. The average molecular weight is 524 g/mol. The van der Waals surface area contributed by atoms with E-state index in [1.165, 1.54) is 6.42 Å². The highest BCUT2D eigenvalue weighted by atomic mass is 127. The number of aliphatic imine (C=N–C) groups is 1. The molecule has 0 aromatic carbocycles. The van der Waals surface area contributed by atoms with Crippen LogP contribution in [0.3, 0.4) is 0 Å². The summed E-state index contributed by atoms with van der Waals surface area (Å²) in [5.41, 5.74) is 0.105. The summed E-state index contributed by atoms with van der Waals surface area (Å²) < 4.78 is 11.9. The molecular formula is C21H41IN4O3. The number of hydrogen-bond donors (Lipinski definition) is 2. The van der Waals surface area contributed by atoms with Crippen molar-refractivity contribution in [2.24, 2.45) is 16.3 Å². The third-order valence-corrected chi connectivity index (χ3v) is 5.47. The fourth-order valence-corrected chi connectivity index (χ4v) is 3.88. The number of carbonyl (C=O) groups excluding carboxylic acids is 1. The number of carbonyl (C=O) groups is 1. The summed E-state index contributed by atoms with van der Waals surface area (Å²) in [6, 6.07) is 0. The molecule has 2 rings (SSSR count). The second-order valence-electron chi connectivity index (χ2n) is 9.26. The van der Waals surface area contributed by atoms with Crippen LogP contribution in [0.25, 0.3) is 0 Å². The van der Waals surface area contributed by atoms with Gasteiger partial charge in [-0.05, 0) is 37.5 Å². The largest absolute Gasteiger partial charge is 0.377 e. The smallest absolute Gasteiger partial charge is 0.243 e. The molecule has 2 fully saturated rings. The van der Waals surface area contributed by atoms with Gasteiger partial charge < -0.3 is 25.0 Å². The lowest BCUT2D eigenvalue weighted by molar-refractivity contribution is -0.127. The first-order chi connectivity index (χ1) is 13.3. The Bertz CT molecular complexity index is 517. The summed E-state index contributed by atoms with van der Waals surface area (Å²) in [4.78, 5) is 18.0. The van der Waals surface area contributed by atoms with Crippen LogP contribution in [0, 0.1) is 11.3 Å². The van der Waals surface area contributed by atoms with Crippen molar-refractivity contribution in [3.63, 3.8) is 0 Å². The third kappa shape index (κ3) is 9.38. The molecule has 2 heterocycles. The second-order valence-corrected chi connectivity index (χ2v) is 9.26. The van der Waals surface area contributed by atoms with Gasteiger partial charge >= 0.3 is 0 Å². The van der Waals surface area contributed by atoms with Crippen molar-refractivity contribution in [1.82, 2.24) is 15.5 Å². The first kappa shape index (κ1) is 26.4. The van der Waals surface area contributed by atoms with Crippen LogP contribution < -0.4 is 10.6 Å². The summed E-state index contributed by atoms with van der Waals surface area (Å²) in [7, 11) is 3.50. The molecule has 2 N–H and O–H groups in total. The standard InChI is InChI=1S/C21H40N4O3.HI/c1-21(2,3)19-16(9-8-12-28-19)13-22-20(24-15-18(26)25(4)5)23-14-17-10-6-7-11-27-17;/h16-17,19H,6-15H2,1-5H3,(H2,22,23,24);1H. The van der Waals surface area contributed by atoms with E-state index in [1.807, 2.05) is 0 Å². The van der Waals surface area contributed by atoms with Crippen LogP contribution in [0.2, 0.25) is 0 Å². The molecule has 0 spiro atoms. The Hall–Kier alpha value is -0.610. The molecule has 2 saturated heterocycles. The fraction of sp³-hybridized carbons (Fsp3) is 0.905. The minimum absolute atomic E-state index is 0. The Morgan fingerprint density at radius 2 is 1.72 bits per heavy atom. The molecule has 29 heavy (non-hydrogen) atoms. The van der Waals surface area contributed by atoms with E-state index in [2.05, 4.69) is 36.4 Å². The van der Waals surface area contributed by atoms with Gasteiger partial charge in [0.25, 0.3) is 0 Å². The maximum atomic E-state index is 12.0. The number of rotatable bonds is 6. The molecule has 3 atom stereocenters. The van der Waals surface area contributed by atoms with E-state index in [-0.39, 0.29) is 54.1 Å². The molecule has 170 valence electrons. The quantitative estimate of drug-likeness (QED) is 0.318. The third-order valence-electron chi connectivity index (χ3n) is 5.47. The number of amides is 1. The maximum absolute atomic E-state index is 12.0. The van der Waals surface area contributed by atoms with Gasteiger partial charge in [0.05, 0.1) is 12.2 Å². The van der Waals surface area contributed by atoms with E-state index in [9.17, 15) is 4.79 Å². The van der Waals surface area contributed by atoms with Crippen molar-refractivity contribution in [1.29, 1.82) is 0 Å². The highest BCUT2D eigenvalue weighted by molar-refractivity contribution is 14.0. The molecule has 2 aliphatic rings. The van der Waals surface area contributed by atoms with Gasteiger partial charge in [0.2, 0.25) is 5.91 Å². The Morgan fingerprint density at radius 1 is 1.03 bits per heavy atom. The lowest BCUT2D eigenvalue weighted by Gasteiger charge is -2.40. The van der Waals surface area contributed by atoms with Crippen molar-refractivity contribution in [2.45, 2.75) is 65.1 Å². The van der Waals surface area contributed by atoms with E-state index >= 15 is 0 Å². The molecule has 7 nitrogen and oxygen atoms in total. The van der Waals surface area contributed by atoms with Gasteiger partial charge in [-0.2, -0.15) is 0 Å². The summed E-state index contributed by atoms with van der Waals surface area (Å²) >= 11 is 0. The highest BCUT2D eigenvalue weighted by Crippen LogP contribution is 2.33. The summed E-state index contributed by atoms with van der Waals surface area (Å²) in [5.74, 6) is 1.10. The minimum Gasteiger partial charge on any atom is -0.377 e. The van der Waals surface area contributed by atoms with Crippen LogP contribution in [0.15, 0.2) is 4.99 Å². The first-order valence-corrected chi connectivity index (χ1v) is 10.7. The Labute approximate surface area is 193 Å². The predicted octanol–water partition coefficient (Wildman–Crippen LogP) is 2.64. The van der Waals surface area contributed by atoms with Crippen molar-refractivity contribution in [3.8, 4) is 0 Å². The normalized spacial score (nSPS) is 25.7. The van der Waals surface area contributed by atoms with Crippen molar-refractivity contribution >= 4 is 35.8 Å². The number of halogens is 1. The molecule has 0 radical (unpaired) electrons. The van der Waals surface area contributed by atoms with Crippen LogP contribution in [0.5, 0.6) is 0 Å². The zero-order valence-electron chi connectivity index (χ0n) is 18.8. The lowest BCUT2D eigenvalue weighted by Crippen LogP contribution is -2.49. The van der Waals surface area contributed by atoms with Crippen LogP contribution >= 0.6 is 24.0 Å². The number of ether oxygens (including phenoxy) is 2. The molecule has 1 amide bonds. The topological polar surface area (TPSA) is 75.2 Å². The SMILES string of the molecule is CN(C)C(=O)CN=C(NCC1CCCCO1)NCC1CCCOC1C(C)(C)C.I. The monoisotopic (exact) mass is 524 g/mol. The summed E-state index contributed by atoms with van der Waals surface area (Å²) in [6.45, 7) is 10.0. The number of guanidine groups is 1. The van der Waals surface area contributed by atoms with E-state index in [1.54, 1.807) is 19.0 Å². The van der Waals surface area contributed by atoms with Crippen molar-refractivity contribution < 1.29 is 14.3 Å². The Kier molecular flexibility index (Phi) is 11.8. The van der Waals surface area contributed by atoms with E-state index < -0.39 is 0 Å². The van der Waals surface area contributed by atoms with Gasteiger partial charge in [-0.25, -0.2) is 4.99 Å².